The second-order valence-corrected chi connectivity index (χ2v) is 4.78. The van der Waals surface area contributed by atoms with Crippen molar-refractivity contribution in [3.8, 4) is 11.5 Å². The first kappa shape index (κ1) is 13.8. The molecule has 1 aromatic rings. The van der Waals surface area contributed by atoms with Gasteiger partial charge in [0.15, 0.2) is 17.3 Å². The van der Waals surface area contributed by atoms with E-state index in [2.05, 4.69) is 0 Å². The fraction of sp³-hybridized carbons (Fsp3) is 0.500. The molecule has 0 atom stereocenters. The zero-order valence-electron chi connectivity index (χ0n) is 11.4. The van der Waals surface area contributed by atoms with Gasteiger partial charge in [-0.1, -0.05) is 0 Å². The van der Waals surface area contributed by atoms with Crippen LogP contribution in [0.25, 0.3) is 0 Å². The average molecular weight is 266 g/mol. The van der Waals surface area contributed by atoms with Crippen LogP contribution in [0.5, 0.6) is 11.5 Å². The number of methoxy groups -OCH3 is 2. The number of hydrogen-bond acceptors (Lipinski definition) is 5. The second kappa shape index (κ2) is 5.19. The Bertz CT molecular complexity index is 485. The van der Waals surface area contributed by atoms with Gasteiger partial charge in [-0.05, 0) is 24.6 Å². The van der Waals surface area contributed by atoms with Gasteiger partial charge in [0.1, 0.15) is 5.41 Å². The maximum absolute atomic E-state index is 12.5. The van der Waals surface area contributed by atoms with Crippen molar-refractivity contribution in [1.82, 2.24) is 0 Å². The van der Waals surface area contributed by atoms with Gasteiger partial charge in [0.05, 0.1) is 34.0 Å². The average Bonchev–Trinajstić information content (AvgIpc) is 2.37. The molecule has 5 nitrogen and oxygen atoms in total. The van der Waals surface area contributed by atoms with Crippen molar-refractivity contribution in [2.45, 2.75) is 6.92 Å². The molecule has 0 amide bonds. The summed E-state index contributed by atoms with van der Waals surface area (Å²) in [5, 5.41) is 9.43. The maximum Gasteiger partial charge on any atom is 0.176 e. The number of benzene rings is 1. The van der Waals surface area contributed by atoms with E-state index in [1.165, 1.54) is 7.11 Å². The molecular weight excluding hydrogens is 248 g/mol. The number of hydrogen-bond donors (Lipinski definition) is 1. The molecule has 1 fully saturated rings. The van der Waals surface area contributed by atoms with E-state index in [4.69, 9.17) is 14.2 Å². The molecule has 1 aliphatic rings. The highest BCUT2D eigenvalue weighted by Gasteiger charge is 2.46. The summed E-state index contributed by atoms with van der Waals surface area (Å²) >= 11 is 0. The monoisotopic (exact) mass is 266 g/mol. The summed E-state index contributed by atoms with van der Waals surface area (Å²) in [5.74, 6) is 0.976. The van der Waals surface area contributed by atoms with E-state index in [1.54, 1.807) is 19.2 Å². The minimum Gasteiger partial charge on any atom is -0.493 e. The molecule has 5 heteroatoms. The summed E-state index contributed by atoms with van der Waals surface area (Å²) in [6, 6.07) is 3.42. The lowest BCUT2D eigenvalue weighted by molar-refractivity contribution is -0.109. The lowest BCUT2D eigenvalue weighted by atomic mass is 9.78. The number of ether oxygens (including phenoxy) is 3. The number of aliphatic hydroxyl groups is 1. The van der Waals surface area contributed by atoms with Crippen LogP contribution >= 0.6 is 0 Å². The van der Waals surface area contributed by atoms with Gasteiger partial charge in [-0.2, -0.15) is 0 Å². The number of aliphatic hydroxyl groups excluding tert-OH is 1. The molecular formula is C14H18O5. The van der Waals surface area contributed by atoms with E-state index in [9.17, 15) is 9.90 Å². The summed E-state index contributed by atoms with van der Waals surface area (Å²) in [6.45, 7) is 2.14. The predicted octanol–water partition coefficient (Wildman–Crippen LogP) is 1.20. The van der Waals surface area contributed by atoms with Crippen LogP contribution in [0.2, 0.25) is 0 Å². The van der Waals surface area contributed by atoms with E-state index < -0.39 is 5.41 Å². The molecule has 0 radical (unpaired) electrons. The summed E-state index contributed by atoms with van der Waals surface area (Å²) in [6.07, 6.45) is 0. The Labute approximate surface area is 112 Å². The molecule has 0 bridgehead atoms. The minimum absolute atomic E-state index is 0.111. The molecule has 1 heterocycles. The largest absolute Gasteiger partial charge is 0.493 e. The molecule has 2 rings (SSSR count). The summed E-state index contributed by atoms with van der Waals surface area (Å²) < 4.78 is 15.5. The molecule has 0 unspecified atom stereocenters. The van der Waals surface area contributed by atoms with Crippen molar-refractivity contribution >= 4 is 5.78 Å². The molecule has 104 valence electrons. The van der Waals surface area contributed by atoms with Crippen molar-refractivity contribution in [3.63, 3.8) is 0 Å². The Kier molecular flexibility index (Phi) is 3.78. The van der Waals surface area contributed by atoms with E-state index >= 15 is 0 Å². The smallest absolute Gasteiger partial charge is 0.176 e. The van der Waals surface area contributed by atoms with Gasteiger partial charge in [0, 0.05) is 5.56 Å². The summed E-state index contributed by atoms with van der Waals surface area (Å²) in [7, 11) is 3.07. The molecule has 0 spiro atoms. The molecule has 1 aromatic carbocycles. The quantitative estimate of drug-likeness (QED) is 0.811. The summed E-state index contributed by atoms with van der Waals surface area (Å²) in [4.78, 5) is 12.5. The Morgan fingerprint density at radius 2 is 1.89 bits per heavy atom. The van der Waals surface area contributed by atoms with Crippen molar-refractivity contribution in [2.75, 3.05) is 34.0 Å². The van der Waals surface area contributed by atoms with Gasteiger partial charge in [0.2, 0.25) is 0 Å². The molecule has 1 aliphatic heterocycles. The van der Waals surface area contributed by atoms with Crippen molar-refractivity contribution < 1.29 is 24.1 Å². The van der Waals surface area contributed by atoms with E-state index in [1.807, 2.05) is 6.92 Å². The van der Waals surface area contributed by atoms with Crippen LogP contribution in [0, 0.1) is 12.3 Å². The lowest BCUT2D eigenvalue weighted by Gasteiger charge is -2.38. The first-order valence-corrected chi connectivity index (χ1v) is 6.04. The number of rotatable bonds is 5. The third-order valence-corrected chi connectivity index (χ3v) is 3.52. The van der Waals surface area contributed by atoms with Gasteiger partial charge in [-0.3, -0.25) is 4.79 Å². The molecule has 19 heavy (non-hydrogen) atoms. The molecule has 1 N–H and O–H groups in total. The van der Waals surface area contributed by atoms with Crippen molar-refractivity contribution in [1.29, 1.82) is 0 Å². The van der Waals surface area contributed by atoms with Gasteiger partial charge in [-0.15, -0.1) is 0 Å². The number of carbonyl (C=O) groups is 1. The fourth-order valence-electron chi connectivity index (χ4n) is 2.15. The Hall–Kier alpha value is -1.59. The third-order valence-electron chi connectivity index (χ3n) is 3.52. The lowest BCUT2D eigenvalue weighted by Crippen LogP contribution is -2.52. The topological polar surface area (TPSA) is 65.0 Å². The third kappa shape index (κ3) is 2.19. The number of carbonyl (C=O) groups excluding carboxylic acids is 1. The molecule has 1 saturated heterocycles. The van der Waals surface area contributed by atoms with E-state index in [-0.39, 0.29) is 25.6 Å². The molecule has 0 saturated carbocycles. The summed E-state index contributed by atoms with van der Waals surface area (Å²) in [5.41, 5.74) is 0.530. The molecule has 0 aromatic heterocycles. The van der Waals surface area contributed by atoms with Gasteiger partial charge < -0.3 is 19.3 Å². The Morgan fingerprint density at radius 1 is 1.32 bits per heavy atom. The fourth-order valence-corrected chi connectivity index (χ4v) is 2.15. The normalized spacial score (nSPS) is 16.6. The Balaban J connectivity index is 2.42. The minimum atomic E-state index is -0.801. The van der Waals surface area contributed by atoms with Gasteiger partial charge in [-0.25, -0.2) is 0 Å². The van der Waals surface area contributed by atoms with Crippen LogP contribution in [0.15, 0.2) is 12.1 Å². The van der Waals surface area contributed by atoms with Crippen LogP contribution in [0.3, 0.4) is 0 Å². The maximum atomic E-state index is 12.5. The highest BCUT2D eigenvalue weighted by Crippen LogP contribution is 2.36. The van der Waals surface area contributed by atoms with Crippen LogP contribution in [0.4, 0.5) is 0 Å². The van der Waals surface area contributed by atoms with Crippen molar-refractivity contribution in [2.24, 2.45) is 5.41 Å². The second-order valence-electron chi connectivity index (χ2n) is 4.78. The van der Waals surface area contributed by atoms with Crippen LogP contribution in [-0.2, 0) is 4.74 Å². The molecule has 0 aliphatic carbocycles. The zero-order chi connectivity index (χ0) is 14.0. The van der Waals surface area contributed by atoms with Gasteiger partial charge in [0.25, 0.3) is 0 Å². The SMILES string of the molecule is COc1cc(C)c(C(=O)C2(CO)COC2)cc1OC. The highest BCUT2D eigenvalue weighted by atomic mass is 16.5. The Morgan fingerprint density at radius 3 is 2.32 bits per heavy atom. The van der Waals surface area contributed by atoms with E-state index in [0.29, 0.717) is 17.1 Å². The van der Waals surface area contributed by atoms with Gasteiger partial charge >= 0.3 is 0 Å². The van der Waals surface area contributed by atoms with Crippen LogP contribution < -0.4 is 9.47 Å². The van der Waals surface area contributed by atoms with E-state index in [0.717, 1.165) is 5.56 Å². The number of ketones is 1. The highest BCUT2D eigenvalue weighted by molar-refractivity contribution is 6.03. The van der Waals surface area contributed by atoms with Crippen LogP contribution in [-0.4, -0.2) is 44.9 Å². The van der Waals surface area contributed by atoms with Crippen LogP contribution in [0.1, 0.15) is 15.9 Å². The first-order chi connectivity index (χ1) is 9.07. The predicted molar refractivity (Wildman–Crippen MR) is 69.0 cm³/mol. The standard InChI is InChI=1S/C14H18O5/c1-9-4-11(17-2)12(18-3)5-10(9)13(16)14(6-15)7-19-8-14/h4-5,15H,6-8H2,1-3H3. The number of aryl methyl sites for hydroxylation is 1. The number of Topliss-reactive ketones (excluding diaryl/α,β-unsaturated/α-hetero) is 1. The first-order valence-electron chi connectivity index (χ1n) is 6.04. The zero-order valence-corrected chi connectivity index (χ0v) is 11.4. The van der Waals surface area contributed by atoms with Crippen molar-refractivity contribution in [3.05, 3.63) is 23.3 Å².